The number of thioether (sulfide) groups is 1. The summed E-state index contributed by atoms with van der Waals surface area (Å²) < 4.78 is 0.825. The molecule has 2 amide bonds. The van der Waals surface area contributed by atoms with Gasteiger partial charge >= 0.3 is 0 Å². The molecule has 1 fully saturated rings. The van der Waals surface area contributed by atoms with Gasteiger partial charge in [0.05, 0.1) is 46.8 Å². The lowest BCUT2D eigenvalue weighted by Gasteiger charge is -2.32. The van der Waals surface area contributed by atoms with Gasteiger partial charge in [-0.05, 0) is 30.3 Å². The Labute approximate surface area is 165 Å². The first-order valence-electron chi connectivity index (χ1n) is 8.52. The number of halogens is 1. The molecule has 2 aliphatic rings. The molecule has 0 spiro atoms. The smallest absolute Gasteiger partial charge is 0.254 e. The van der Waals surface area contributed by atoms with Crippen LogP contribution in [0.4, 0.5) is 5.69 Å². The molecule has 2 aliphatic heterocycles. The highest BCUT2D eigenvalue weighted by atomic mass is 35.5. The molecule has 2 aromatic rings. The van der Waals surface area contributed by atoms with Gasteiger partial charge in [0, 0.05) is 10.5 Å². The number of benzene rings is 1. The minimum Gasteiger partial charge on any atom is -0.328 e. The lowest BCUT2D eigenvalue weighted by atomic mass is 10.1. The molecular formula is C18H19ClN3O2S2+. The van der Waals surface area contributed by atoms with E-state index in [1.807, 2.05) is 23.1 Å². The van der Waals surface area contributed by atoms with Gasteiger partial charge in [0.15, 0.2) is 0 Å². The van der Waals surface area contributed by atoms with Crippen LogP contribution >= 0.6 is 34.7 Å². The van der Waals surface area contributed by atoms with Crippen molar-refractivity contribution in [2.45, 2.75) is 11.4 Å². The van der Waals surface area contributed by atoms with Gasteiger partial charge in [-0.2, -0.15) is 0 Å². The van der Waals surface area contributed by atoms with Crippen molar-refractivity contribution in [2.24, 2.45) is 0 Å². The zero-order chi connectivity index (χ0) is 18.1. The molecule has 1 aromatic heterocycles. The molecule has 136 valence electrons. The molecule has 0 radical (unpaired) electrons. The largest absolute Gasteiger partial charge is 0.328 e. The highest BCUT2D eigenvalue weighted by Crippen LogP contribution is 2.32. The Kier molecular flexibility index (Phi) is 5.22. The van der Waals surface area contributed by atoms with Crippen LogP contribution in [0.3, 0.4) is 0 Å². The van der Waals surface area contributed by atoms with Gasteiger partial charge in [-0.1, -0.05) is 11.6 Å². The van der Waals surface area contributed by atoms with Crippen LogP contribution in [0.1, 0.15) is 15.2 Å². The van der Waals surface area contributed by atoms with Crippen molar-refractivity contribution < 1.29 is 14.5 Å². The zero-order valence-corrected chi connectivity index (χ0v) is 16.5. The number of anilines is 1. The molecule has 0 saturated carbocycles. The number of rotatable bonds is 3. The molecule has 0 unspecified atom stereocenters. The highest BCUT2D eigenvalue weighted by molar-refractivity contribution is 8.00. The van der Waals surface area contributed by atoms with Crippen LogP contribution in [0, 0.1) is 0 Å². The van der Waals surface area contributed by atoms with Crippen LogP contribution in [0.15, 0.2) is 35.2 Å². The number of thiophene rings is 1. The number of nitrogens with zero attached hydrogens (tertiary/aromatic N) is 1. The van der Waals surface area contributed by atoms with E-state index in [1.54, 1.807) is 17.4 Å². The number of hydrogen-bond acceptors (Lipinski definition) is 4. The minimum absolute atomic E-state index is 0.0157. The lowest BCUT2D eigenvalue weighted by Crippen LogP contribution is -3.13. The monoisotopic (exact) mass is 408 g/mol. The molecule has 26 heavy (non-hydrogen) atoms. The van der Waals surface area contributed by atoms with Crippen LogP contribution in [0.5, 0.6) is 0 Å². The molecule has 3 heterocycles. The Balaban J connectivity index is 1.37. The van der Waals surface area contributed by atoms with Gasteiger partial charge in [0.25, 0.3) is 5.91 Å². The molecule has 4 rings (SSSR count). The molecule has 8 heteroatoms. The van der Waals surface area contributed by atoms with Gasteiger partial charge in [-0.25, -0.2) is 0 Å². The Morgan fingerprint density at radius 3 is 2.77 bits per heavy atom. The SMILES string of the molecule is O=C1CSc2ccc(C(=O)N3CC[NH+](Cc4ccc(Cl)s4)CC3)cc2N1. The maximum absolute atomic E-state index is 12.8. The van der Waals surface area contributed by atoms with E-state index in [2.05, 4.69) is 11.4 Å². The van der Waals surface area contributed by atoms with Gasteiger partial charge in [0.2, 0.25) is 5.91 Å². The molecule has 1 saturated heterocycles. The fourth-order valence-electron chi connectivity index (χ4n) is 3.29. The van der Waals surface area contributed by atoms with Crippen molar-refractivity contribution in [3.8, 4) is 0 Å². The molecule has 0 bridgehead atoms. The summed E-state index contributed by atoms with van der Waals surface area (Å²) in [6.07, 6.45) is 0. The molecule has 5 nitrogen and oxygen atoms in total. The molecule has 2 N–H and O–H groups in total. The van der Waals surface area contributed by atoms with E-state index < -0.39 is 0 Å². The molecular weight excluding hydrogens is 390 g/mol. The normalized spacial score (nSPS) is 17.7. The average molecular weight is 409 g/mol. The second-order valence-electron chi connectivity index (χ2n) is 6.47. The van der Waals surface area contributed by atoms with Crippen molar-refractivity contribution in [2.75, 3.05) is 37.2 Å². The van der Waals surface area contributed by atoms with E-state index in [0.717, 1.165) is 47.6 Å². The van der Waals surface area contributed by atoms with E-state index in [4.69, 9.17) is 11.6 Å². The van der Waals surface area contributed by atoms with Gasteiger partial charge in [-0.15, -0.1) is 23.1 Å². The maximum Gasteiger partial charge on any atom is 0.254 e. The van der Waals surface area contributed by atoms with E-state index in [9.17, 15) is 9.59 Å². The summed E-state index contributed by atoms with van der Waals surface area (Å²) >= 11 is 9.13. The van der Waals surface area contributed by atoms with Crippen molar-refractivity contribution >= 4 is 52.2 Å². The second kappa shape index (κ2) is 7.60. The van der Waals surface area contributed by atoms with Crippen molar-refractivity contribution in [1.29, 1.82) is 0 Å². The summed E-state index contributed by atoms with van der Waals surface area (Å²) in [5, 5.41) is 2.85. The summed E-state index contributed by atoms with van der Waals surface area (Å²) in [4.78, 5) is 30.1. The minimum atomic E-state index is -0.0157. The predicted molar refractivity (Wildman–Crippen MR) is 105 cm³/mol. The number of piperazine rings is 1. The summed E-state index contributed by atoms with van der Waals surface area (Å²) in [7, 11) is 0. The number of hydrogen-bond donors (Lipinski definition) is 2. The van der Waals surface area contributed by atoms with E-state index in [-0.39, 0.29) is 11.8 Å². The van der Waals surface area contributed by atoms with Crippen molar-refractivity contribution in [3.05, 3.63) is 45.1 Å². The standard InChI is InChI=1S/C18H18ClN3O2S2/c19-16-4-2-13(26-16)10-21-5-7-22(8-6-21)18(24)12-1-3-15-14(9-12)20-17(23)11-25-15/h1-4,9H,5-8,10-11H2,(H,20,23)/p+1. The van der Waals surface area contributed by atoms with Gasteiger partial charge in [-0.3, -0.25) is 9.59 Å². The third-order valence-electron chi connectivity index (χ3n) is 4.67. The summed E-state index contributed by atoms with van der Waals surface area (Å²) in [5.74, 6) is 0.453. The van der Waals surface area contributed by atoms with Crippen LogP contribution < -0.4 is 10.2 Å². The van der Waals surface area contributed by atoms with Crippen molar-refractivity contribution in [1.82, 2.24) is 4.90 Å². The summed E-state index contributed by atoms with van der Waals surface area (Å²) in [6, 6.07) is 9.60. The summed E-state index contributed by atoms with van der Waals surface area (Å²) in [6.45, 7) is 4.30. The Bertz CT molecular complexity index is 847. The van der Waals surface area contributed by atoms with E-state index in [1.165, 1.54) is 21.5 Å². The highest BCUT2D eigenvalue weighted by Gasteiger charge is 2.26. The first-order chi connectivity index (χ1) is 12.6. The topological polar surface area (TPSA) is 53.9 Å². The molecule has 0 aliphatic carbocycles. The van der Waals surface area contributed by atoms with E-state index >= 15 is 0 Å². The zero-order valence-electron chi connectivity index (χ0n) is 14.1. The fourth-order valence-corrected chi connectivity index (χ4v) is 5.24. The van der Waals surface area contributed by atoms with Crippen LogP contribution in [0.2, 0.25) is 4.34 Å². The fraction of sp³-hybridized carbons (Fsp3) is 0.333. The van der Waals surface area contributed by atoms with Gasteiger partial charge < -0.3 is 15.1 Å². The number of fused-ring (bicyclic) bond motifs is 1. The number of nitrogens with one attached hydrogen (secondary N) is 2. The quantitative estimate of drug-likeness (QED) is 0.816. The number of carbonyl (C=O) groups excluding carboxylic acids is 2. The Morgan fingerprint density at radius 2 is 2.04 bits per heavy atom. The third kappa shape index (κ3) is 3.91. The first kappa shape index (κ1) is 17.9. The van der Waals surface area contributed by atoms with Crippen molar-refractivity contribution in [3.63, 3.8) is 0 Å². The summed E-state index contributed by atoms with van der Waals surface area (Å²) in [5.41, 5.74) is 1.39. The second-order valence-corrected chi connectivity index (χ2v) is 9.29. The maximum atomic E-state index is 12.8. The number of amides is 2. The van der Waals surface area contributed by atoms with Crippen LogP contribution in [-0.4, -0.2) is 48.6 Å². The van der Waals surface area contributed by atoms with Gasteiger partial charge in [0.1, 0.15) is 6.54 Å². The Hall–Kier alpha value is -1.54. The Morgan fingerprint density at radius 1 is 1.23 bits per heavy atom. The predicted octanol–water partition coefficient (Wildman–Crippen LogP) is 1.99. The number of carbonyl (C=O) groups is 2. The molecule has 0 atom stereocenters. The number of quaternary nitrogens is 1. The van der Waals surface area contributed by atoms with E-state index in [0.29, 0.717) is 11.3 Å². The third-order valence-corrected chi connectivity index (χ3v) is 6.97. The van der Waals surface area contributed by atoms with Crippen LogP contribution in [-0.2, 0) is 11.3 Å². The molecule has 1 aromatic carbocycles. The lowest BCUT2D eigenvalue weighted by molar-refractivity contribution is -0.917. The van der Waals surface area contributed by atoms with Crippen LogP contribution in [0.25, 0.3) is 0 Å². The average Bonchev–Trinajstić information content (AvgIpc) is 3.06. The first-order valence-corrected chi connectivity index (χ1v) is 10.7.